The van der Waals surface area contributed by atoms with Crippen molar-refractivity contribution in [3.63, 3.8) is 0 Å². The molecule has 0 fully saturated rings. The Bertz CT molecular complexity index is 424. The Hall–Kier alpha value is -1.78. The van der Waals surface area contributed by atoms with Gasteiger partial charge in [-0.1, -0.05) is 6.07 Å². The number of carboxylic acid groups (broad SMARTS) is 1. The van der Waals surface area contributed by atoms with Gasteiger partial charge < -0.3 is 15.0 Å². The predicted octanol–water partition coefficient (Wildman–Crippen LogP) is 0.411. The maximum atomic E-state index is 11.0. The molecule has 0 saturated heterocycles. The van der Waals surface area contributed by atoms with Gasteiger partial charge in [0.1, 0.15) is 0 Å². The summed E-state index contributed by atoms with van der Waals surface area (Å²) in [6.07, 6.45) is -0.279. The first-order chi connectivity index (χ1) is 6.66. The van der Waals surface area contributed by atoms with Crippen LogP contribution < -0.4 is 5.56 Å². The van der Waals surface area contributed by atoms with Gasteiger partial charge in [0, 0.05) is 18.3 Å². The molecule has 0 bridgehead atoms. The number of hydrogen-bond donors (Lipinski definition) is 2. The van der Waals surface area contributed by atoms with Crippen LogP contribution in [0.2, 0.25) is 0 Å². The second kappa shape index (κ2) is 3.17. The Kier molecular flexibility index (Phi) is 1.99. The minimum Gasteiger partial charge on any atom is -0.465 e. The molecule has 74 valence electrons. The number of nitrogens with zero attached hydrogens (tertiary/aromatic N) is 1. The SMILES string of the molecule is O=C(O)N1CCc2ccc(=O)[nH]c2C1. The van der Waals surface area contributed by atoms with Crippen molar-refractivity contribution in [1.29, 1.82) is 0 Å². The summed E-state index contributed by atoms with van der Waals surface area (Å²) in [6, 6.07) is 3.22. The first kappa shape index (κ1) is 8.80. The number of amides is 1. The Morgan fingerprint density at radius 1 is 1.50 bits per heavy atom. The lowest BCUT2D eigenvalue weighted by Crippen LogP contribution is -2.36. The number of hydrogen-bond acceptors (Lipinski definition) is 2. The molecular weight excluding hydrogens is 184 g/mol. The van der Waals surface area contributed by atoms with Gasteiger partial charge in [0.25, 0.3) is 0 Å². The third-order valence-electron chi connectivity index (χ3n) is 2.37. The summed E-state index contributed by atoms with van der Waals surface area (Å²) >= 11 is 0. The van der Waals surface area contributed by atoms with Crippen molar-refractivity contribution in [2.24, 2.45) is 0 Å². The molecule has 0 aromatic carbocycles. The fraction of sp³-hybridized carbons (Fsp3) is 0.333. The number of pyridine rings is 1. The third-order valence-corrected chi connectivity index (χ3v) is 2.37. The van der Waals surface area contributed by atoms with E-state index in [-0.39, 0.29) is 12.1 Å². The number of fused-ring (bicyclic) bond motifs is 1. The molecule has 1 aromatic heterocycles. The molecule has 1 aromatic rings. The van der Waals surface area contributed by atoms with Gasteiger partial charge in [-0.25, -0.2) is 4.79 Å². The molecule has 1 amide bonds. The van der Waals surface area contributed by atoms with Crippen LogP contribution in [0.5, 0.6) is 0 Å². The number of H-pyrrole nitrogens is 1. The van der Waals surface area contributed by atoms with Crippen LogP contribution in [-0.2, 0) is 13.0 Å². The molecule has 1 aliphatic rings. The minimum absolute atomic E-state index is 0.184. The Balaban J connectivity index is 2.33. The summed E-state index contributed by atoms with van der Waals surface area (Å²) in [5.74, 6) is 0. The van der Waals surface area contributed by atoms with Crippen molar-refractivity contribution >= 4 is 6.09 Å². The molecule has 0 unspecified atom stereocenters. The molecule has 1 aliphatic heterocycles. The van der Waals surface area contributed by atoms with E-state index in [9.17, 15) is 9.59 Å². The Labute approximate surface area is 80.0 Å². The standard InChI is InChI=1S/C9H10N2O3/c12-8-2-1-6-3-4-11(9(13)14)5-7(6)10-8/h1-2H,3-5H2,(H,10,12)(H,13,14). The first-order valence-electron chi connectivity index (χ1n) is 4.36. The minimum atomic E-state index is -0.944. The molecule has 14 heavy (non-hydrogen) atoms. The lowest BCUT2D eigenvalue weighted by atomic mass is 10.1. The van der Waals surface area contributed by atoms with Crippen molar-refractivity contribution in [1.82, 2.24) is 9.88 Å². The molecule has 2 heterocycles. The van der Waals surface area contributed by atoms with Crippen LogP contribution in [-0.4, -0.2) is 27.6 Å². The van der Waals surface area contributed by atoms with Crippen LogP contribution in [0.4, 0.5) is 4.79 Å². The molecule has 0 saturated carbocycles. The Morgan fingerprint density at radius 3 is 3.00 bits per heavy atom. The molecular formula is C9H10N2O3. The fourth-order valence-electron chi connectivity index (χ4n) is 1.61. The van der Waals surface area contributed by atoms with Crippen LogP contribution in [0.25, 0.3) is 0 Å². The average molecular weight is 194 g/mol. The van der Waals surface area contributed by atoms with E-state index in [1.807, 2.05) is 0 Å². The predicted molar refractivity (Wildman–Crippen MR) is 49.2 cm³/mol. The van der Waals surface area contributed by atoms with Crippen molar-refractivity contribution in [2.45, 2.75) is 13.0 Å². The number of aromatic nitrogens is 1. The van der Waals surface area contributed by atoms with Gasteiger partial charge in [0.15, 0.2) is 0 Å². The summed E-state index contributed by atoms with van der Waals surface area (Å²) in [4.78, 5) is 25.6. The van der Waals surface area contributed by atoms with E-state index in [1.54, 1.807) is 6.07 Å². The summed E-state index contributed by atoms with van der Waals surface area (Å²) in [6.45, 7) is 0.773. The highest BCUT2D eigenvalue weighted by Gasteiger charge is 2.19. The summed E-state index contributed by atoms with van der Waals surface area (Å²) in [5, 5.41) is 8.77. The average Bonchev–Trinajstić information content (AvgIpc) is 2.16. The number of aromatic amines is 1. The first-order valence-corrected chi connectivity index (χ1v) is 4.36. The number of rotatable bonds is 0. The van der Waals surface area contributed by atoms with Crippen LogP contribution in [0, 0.1) is 0 Å². The zero-order chi connectivity index (χ0) is 10.1. The van der Waals surface area contributed by atoms with E-state index < -0.39 is 6.09 Å². The van der Waals surface area contributed by atoms with Gasteiger partial charge in [0.05, 0.1) is 6.54 Å². The normalized spacial score (nSPS) is 15.0. The van der Waals surface area contributed by atoms with E-state index in [0.717, 1.165) is 5.56 Å². The zero-order valence-corrected chi connectivity index (χ0v) is 7.49. The fourth-order valence-corrected chi connectivity index (χ4v) is 1.61. The van der Waals surface area contributed by atoms with Gasteiger partial charge in [-0.3, -0.25) is 4.79 Å². The number of carbonyl (C=O) groups is 1. The summed E-state index contributed by atoms with van der Waals surface area (Å²) in [5.41, 5.74) is 1.56. The largest absolute Gasteiger partial charge is 0.465 e. The van der Waals surface area contributed by atoms with Crippen molar-refractivity contribution in [2.75, 3.05) is 6.54 Å². The van der Waals surface area contributed by atoms with Crippen molar-refractivity contribution in [3.8, 4) is 0 Å². The smallest absolute Gasteiger partial charge is 0.407 e. The monoisotopic (exact) mass is 194 g/mol. The second-order valence-corrected chi connectivity index (χ2v) is 3.28. The molecule has 0 aliphatic carbocycles. The molecule has 0 atom stereocenters. The maximum absolute atomic E-state index is 11.0. The highest BCUT2D eigenvalue weighted by Crippen LogP contribution is 2.14. The van der Waals surface area contributed by atoms with E-state index in [1.165, 1.54) is 11.0 Å². The van der Waals surface area contributed by atoms with Crippen LogP contribution in [0.3, 0.4) is 0 Å². The van der Waals surface area contributed by atoms with Crippen LogP contribution in [0.1, 0.15) is 11.3 Å². The van der Waals surface area contributed by atoms with E-state index >= 15 is 0 Å². The van der Waals surface area contributed by atoms with Crippen molar-refractivity contribution < 1.29 is 9.90 Å². The summed E-state index contributed by atoms with van der Waals surface area (Å²) in [7, 11) is 0. The third kappa shape index (κ3) is 1.48. The van der Waals surface area contributed by atoms with Gasteiger partial charge in [-0.2, -0.15) is 0 Å². The second-order valence-electron chi connectivity index (χ2n) is 3.28. The lowest BCUT2D eigenvalue weighted by Gasteiger charge is -2.25. The topological polar surface area (TPSA) is 73.4 Å². The van der Waals surface area contributed by atoms with E-state index in [2.05, 4.69) is 4.98 Å². The molecule has 2 rings (SSSR count). The quantitative estimate of drug-likeness (QED) is 0.628. The number of nitrogens with one attached hydrogen (secondary N) is 1. The Morgan fingerprint density at radius 2 is 2.29 bits per heavy atom. The van der Waals surface area contributed by atoms with Crippen molar-refractivity contribution in [3.05, 3.63) is 33.7 Å². The van der Waals surface area contributed by atoms with E-state index in [4.69, 9.17) is 5.11 Å². The molecule has 0 spiro atoms. The molecule has 2 N–H and O–H groups in total. The molecule has 0 radical (unpaired) electrons. The maximum Gasteiger partial charge on any atom is 0.407 e. The van der Waals surface area contributed by atoms with Gasteiger partial charge in [-0.15, -0.1) is 0 Å². The lowest BCUT2D eigenvalue weighted by molar-refractivity contribution is 0.139. The van der Waals surface area contributed by atoms with E-state index in [0.29, 0.717) is 18.7 Å². The summed E-state index contributed by atoms with van der Waals surface area (Å²) < 4.78 is 0. The van der Waals surface area contributed by atoms with Gasteiger partial charge in [-0.05, 0) is 12.0 Å². The zero-order valence-electron chi connectivity index (χ0n) is 7.49. The highest BCUT2D eigenvalue weighted by atomic mass is 16.4. The van der Waals surface area contributed by atoms with Crippen LogP contribution in [0.15, 0.2) is 16.9 Å². The molecule has 5 nitrogen and oxygen atoms in total. The highest BCUT2D eigenvalue weighted by molar-refractivity contribution is 5.65. The van der Waals surface area contributed by atoms with Gasteiger partial charge >= 0.3 is 6.09 Å². The van der Waals surface area contributed by atoms with Gasteiger partial charge in [0.2, 0.25) is 5.56 Å². The molecule has 5 heteroatoms. The van der Waals surface area contributed by atoms with Crippen LogP contribution >= 0.6 is 0 Å².